The van der Waals surface area contributed by atoms with E-state index in [0.717, 1.165) is 26.1 Å². The number of anilines is 1. The van der Waals surface area contributed by atoms with Gasteiger partial charge in [0.05, 0.1) is 0 Å². The molecule has 7 heteroatoms. The van der Waals surface area contributed by atoms with Gasteiger partial charge in [0.2, 0.25) is 5.91 Å². The van der Waals surface area contributed by atoms with Gasteiger partial charge in [0, 0.05) is 36.9 Å². The highest BCUT2D eigenvalue weighted by Crippen LogP contribution is 2.31. The number of guanidine groups is 1. The second-order valence-corrected chi connectivity index (χ2v) is 7.80. The lowest BCUT2D eigenvalue weighted by Gasteiger charge is -2.25. The number of hydrogen-bond acceptors (Lipinski definition) is 3. The van der Waals surface area contributed by atoms with E-state index >= 15 is 0 Å². The third kappa shape index (κ3) is 7.56. The number of para-hydroxylation sites is 1. The van der Waals surface area contributed by atoms with Crippen molar-refractivity contribution in [1.29, 1.82) is 0 Å². The first kappa shape index (κ1) is 23.5. The van der Waals surface area contributed by atoms with Gasteiger partial charge in [0.1, 0.15) is 6.54 Å². The summed E-state index contributed by atoms with van der Waals surface area (Å²) in [7, 11) is 0. The van der Waals surface area contributed by atoms with Crippen LogP contribution in [0.25, 0.3) is 0 Å². The predicted molar refractivity (Wildman–Crippen MR) is 124 cm³/mol. The summed E-state index contributed by atoms with van der Waals surface area (Å²) in [5.41, 5.74) is 2.50. The Hall–Kier alpha value is -1.51. The lowest BCUT2D eigenvalue weighted by atomic mass is 10.1. The molecule has 0 radical (unpaired) electrons. The highest BCUT2D eigenvalue weighted by Gasteiger charge is 2.24. The third-order valence-electron chi connectivity index (χ3n) is 4.23. The van der Waals surface area contributed by atoms with Crippen molar-refractivity contribution in [3.8, 4) is 0 Å². The summed E-state index contributed by atoms with van der Waals surface area (Å²) in [6, 6.07) is 9.10. The zero-order chi connectivity index (χ0) is 19.2. The third-order valence-corrected chi connectivity index (χ3v) is 4.23. The van der Waals surface area contributed by atoms with Crippen LogP contribution in [0.15, 0.2) is 29.3 Å². The number of aliphatic imine (C=N–C) groups is 1. The molecule has 0 saturated heterocycles. The van der Waals surface area contributed by atoms with E-state index in [-0.39, 0.29) is 42.0 Å². The number of rotatable bonds is 6. The maximum atomic E-state index is 11.9. The maximum Gasteiger partial charge on any atom is 0.242 e. The number of hydrogen-bond donors (Lipinski definition) is 3. The van der Waals surface area contributed by atoms with Crippen LogP contribution in [0.1, 0.15) is 40.2 Å². The van der Waals surface area contributed by atoms with Crippen molar-refractivity contribution in [3.05, 3.63) is 29.8 Å². The van der Waals surface area contributed by atoms with E-state index in [4.69, 9.17) is 0 Å². The molecule has 1 aliphatic heterocycles. The normalized spacial score (nSPS) is 16.4. The molecule has 1 atom stereocenters. The van der Waals surface area contributed by atoms with E-state index in [0.29, 0.717) is 12.0 Å². The molecule has 27 heavy (non-hydrogen) atoms. The molecule has 0 aliphatic carbocycles. The smallest absolute Gasteiger partial charge is 0.242 e. The van der Waals surface area contributed by atoms with Crippen LogP contribution in [0.2, 0.25) is 0 Å². The van der Waals surface area contributed by atoms with E-state index < -0.39 is 0 Å². The van der Waals surface area contributed by atoms with Gasteiger partial charge >= 0.3 is 0 Å². The van der Waals surface area contributed by atoms with Gasteiger partial charge in [-0.25, -0.2) is 4.99 Å². The molecule has 3 N–H and O–H groups in total. The van der Waals surface area contributed by atoms with Gasteiger partial charge in [-0.15, -0.1) is 24.0 Å². The summed E-state index contributed by atoms with van der Waals surface area (Å²) in [6.45, 7) is 12.7. The highest BCUT2D eigenvalue weighted by atomic mass is 127. The van der Waals surface area contributed by atoms with Crippen LogP contribution in [0, 0.1) is 0 Å². The van der Waals surface area contributed by atoms with Gasteiger partial charge in [-0.05, 0) is 52.7 Å². The lowest BCUT2D eigenvalue weighted by Crippen LogP contribution is -2.44. The van der Waals surface area contributed by atoms with Crippen molar-refractivity contribution in [2.24, 2.45) is 4.99 Å². The van der Waals surface area contributed by atoms with Gasteiger partial charge in [-0.2, -0.15) is 0 Å². The molecule has 1 heterocycles. The summed E-state index contributed by atoms with van der Waals surface area (Å²) in [5.74, 6) is 0.605. The molecule has 1 amide bonds. The topological polar surface area (TPSA) is 68.8 Å². The zero-order valence-corrected chi connectivity index (χ0v) is 19.5. The number of nitrogens with one attached hydrogen (secondary N) is 3. The molecule has 0 aromatic heterocycles. The van der Waals surface area contributed by atoms with Crippen LogP contribution >= 0.6 is 24.0 Å². The molecule has 1 aliphatic rings. The van der Waals surface area contributed by atoms with Crippen LogP contribution in [-0.4, -0.2) is 49.6 Å². The summed E-state index contributed by atoms with van der Waals surface area (Å²) in [4.78, 5) is 18.8. The Kier molecular flexibility index (Phi) is 9.35. The summed E-state index contributed by atoms with van der Waals surface area (Å²) in [5, 5.41) is 9.46. The van der Waals surface area contributed by atoms with E-state index in [1.807, 2.05) is 27.7 Å². The number of nitrogens with zero attached hydrogens (tertiary/aromatic N) is 2. The molecule has 1 aromatic rings. The molecule has 0 fully saturated rings. The largest absolute Gasteiger partial charge is 0.367 e. The van der Waals surface area contributed by atoms with Crippen LogP contribution in [0.4, 0.5) is 5.69 Å². The van der Waals surface area contributed by atoms with Crippen LogP contribution in [0.3, 0.4) is 0 Å². The van der Waals surface area contributed by atoms with Gasteiger partial charge in [-0.3, -0.25) is 4.79 Å². The summed E-state index contributed by atoms with van der Waals surface area (Å²) >= 11 is 0. The van der Waals surface area contributed by atoms with Gasteiger partial charge < -0.3 is 20.9 Å². The minimum absolute atomic E-state index is 0. The lowest BCUT2D eigenvalue weighted by molar-refractivity contribution is -0.121. The molecule has 0 bridgehead atoms. The Morgan fingerprint density at radius 2 is 1.96 bits per heavy atom. The SMILES string of the molecule is CCNC(=NCC(=O)NC(C)(C)C)NCCN1c2ccccc2CC1C.I. The minimum Gasteiger partial charge on any atom is -0.367 e. The fraction of sp³-hybridized carbons (Fsp3) is 0.600. The van der Waals surface area contributed by atoms with Crippen LogP contribution in [0.5, 0.6) is 0 Å². The minimum atomic E-state index is -0.238. The molecular formula is C20H34IN5O. The van der Waals surface area contributed by atoms with Crippen LogP contribution < -0.4 is 20.9 Å². The molecule has 0 spiro atoms. The molecular weight excluding hydrogens is 453 g/mol. The summed E-state index contributed by atoms with van der Waals surface area (Å²) < 4.78 is 0. The number of halogens is 1. The molecule has 1 aromatic carbocycles. The number of carbonyl (C=O) groups is 1. The molecule has 152 valence electrons. The fourth-order valence-corrected chi connectivity index (χ4v) is 3.22. The Bertz CT molecular complexity index is 642. The van der Waals surface area contributed by atoms with Gasteiger partial charge in [0.25, 0.3) is 0 Å². The predicted octanol–water partition coefficient (Wildman–Crippen LogP) is 2.53. The standard InChI is InChI=1S/C20H33N5O.HI/c1-6-21-19(23-14-18(26)24-20(3,4)5)22-11-12-25-15(2)13-16-9-7-8-10-17(16)25;/h7-10,15H,6,11-14H2,1-5H3,(H,24,26)(H2,21,22,23);1H. The Balaban J connectivity index is 0.00000364. The van der Waals surface area contributed by atoms with Crippen LogP contribution in [-0.2, 0) is 11.2 Å². The fourth-order valence-electron chi connectivity index (χ4n) is 3.22. The first-order chi connectivity index (χ1) is 12.3. The van der Waals surface area contributed by atoms with Crippen molar-refractivity contribution >= 4 is 41.5 Å². The molecule has 6 nitrogen and oxygen atoms in total. The Morgan fingerprint density at radius 3 is 2.63 bits per heavy atom. The van der Waals surface area contributed by atoms with E-state index in [1.54, 1.807) is 0 Å². The van der Waals surface area contributed by atoms with Crippen molar-refractivity contribution in [2.75, 3.05) is 31.1 Å². The average Bonchev–Trinajstić information content (AvgIpc) is 2.87. The van der Waals surface area contributed by atoms with E-state index in [9.17, 15) is 4.79 Å². The monoisotopic (exact) mass is 487 g/mol. The number of amides is 1. The maximum absolute atomic E-state index is 11.9. The van der Waals surface area contributed by atoms with E-state index in [1.165, 1.54) is 11.3 Å². The second kappa shape index (κ2) is 10.7. The van der Waals surface area contributed by atoms with E-state index in [2.05, 4.69) is 57.0 Å². The zero-order valence-electron chi connectivity index (χ0n) is 17.1. The Morgan fingerprint density at radius 1 is 1.26 bits per heavy atom. The first-order valence-electron chi connectivity index (χ1n) is 9.48. The van der Waals surface area contributed by atoms with Gasteiger partial charge in [0.15, 0.2) is 5.96 Å². The highest BCUT2D eigenvalue weighted by molar-refractivity contribution is 14.0. The Labute approximate surface area is 180 Å². The van der Waals surface area contributed by atoms with Gasteiger partial charge in [-0.1, -0.05) is 18.2 Å². The first-order valence-corrected chi connectivity index (χ1v) is 9.48. The van der Waals surface area contributed by atoms with Crippen molar-refractivity contribution < 1.29 is 4.79 Å². The molecule has 2 rings (SSSR count). The number of fused-ring (bicyclic) bond motifs is 1. The quantitative estimate of drug-likeness (QED) is 0.328. The second-order valence-electron chi connectivity index (χ2n) is 7.80. The number of carbonyl (C=O) groups excluding carboxylic acids is 1. The summed E-state index contributed by atoms with van der Waals surface area (Å²) in [6.07, 6.45) is 1.09. The van der Waals surface area contributed by atoms with Crippen molar-refractivity contribution in [3.63, 3.8) is 0 Å². The molecule has 0 saturated carbocycles. The van der Waals surface area contributed by atoms with Crippen molar-refractivity contribution in [2.45, 2.75) is 52.6 Å². The average molecular weight is 487 g/mol. The van der Waals surface area contributed by atoms with Crippen molar-refractivity contribution in [1.82, 2.24) is 16.0 Å². The molecule has 1 unspecified atom stereocenters. The number of benzene rings is 1.